The van der Waals surface area contributed by atoms with Crippen molar-refractivity contribution in [3.63, 3.8) is 0 Å². The first kappa shape index (κ1) is 14.8. The first-order valence-electron chi connectivity index (χ1n) is 6.39. The summed E-state index contributed by atoms with van der Waals surface area (Å²) in [6.07, 6.45) is -0.846. The quantitative estimate of drug-likeness (QED) is 0.887. The van der Waals surface area contributed by atoms with Crippen LogP contribution >= 0.6 is 0 Å². The number of nitrogens with zero attached hydrogens (tertiary/aromatic N) is 1. The van der Waals surface area contributed by atoms with E-state index in [0.29, 0.717) is 22.6 Å². The molecule has 0 aliphatic rings. The molecule has 5 heteroatoms. The standard InChI is InChI=1S/C16H15FN2O2/c1-21-16-7-11(9-18)5-6-14(16)19-10-15(20)12-3-2-4-13(17)8-12/h2-8,15,19-20H,10H2,1H3. The van der Waals surface area contributed by atoms with Crippen molar-refractivity contribution in [3.8, 4) is 11.8 Å². The smallest absolute Gasteiger partial charge is 0.143 e. The number of anilines is 1. The number of halogens is 1. The summed E-state index contributed by atoms with van der Waals surface area (Å²) in [7, 11) is 1.50. The summed E-state index contributed by atoms with van der Waals surface area (Å²) >= 11 is 0. The van der Waals surface area contributed by atoms with Gasteiger partial charge in [0.15, 0.2) is 0 Å². The minimum Gasteiger partial charge on any atom is -0.495 e. The van der Waals surface area contributed by atoms with Gasteiger partial charge in [0.25, 0.3) is 0 Å². The van der Waals surface area contributed by atoms with Crippen LogP contribution in [0.3, 0.4) is 0 Å². The van der Waals surface area contributed by atoms with Crippen LogP contribution in [-0.4, -0.2) is 18.8 Å². The van der Waals surface area contributed by atoms with Gasteiger partial charge in [-0.25, -0.2) is 4.39 Å². The second-order valence-corrected chi connectivity index (χ2v) is 4.48. The van der Waals surface area contributed by atoms with Crippen LogP contribution in [0, 0.1) is 17.1 Å². The Morgan fingerprint density at radius 3 is 2.81 bits per heavy atom. The number of hydrogen-bond donors (Lipinski definition) is 2. The lowest BCUT2D eigenvalue weighted by molar-refractivity contribution is 0.191. The number of nitriles is 1. The molecule has 2 rings (SSSR count). The zero-order valence-electron chi connectivity index (χ0n) is 11.5. The molecule has 0 heterocycles. The summed E-state index contributed by atoms with van der Waals surface area (Å²) in [6.45, 7) is 0.200. The first-order valence-corrected chi connectivity index (χ1v) is 6.39. The highest BCUT2D eigenvalue weighted by molar-refractivity contribution is 5.59. The van der Waals surface area contributed by atoms with Gasteiger partial charge in [-0.15, -0.1) is 0 Å². The van der Waals surface area contributed by atoms with E-state index in [1.165, 1.54) is 19.2 Å². The molecule has 1 unspecified atom stereocenters. The van der Waals surface area contributed by atoms with Gasteiger partial charge in [-0.05, 0) is 29.8 Å². The van der Waals surface area contributed by atoms with Crippen molar-refractivity contribution in [3.05, 3.63) is 59.4 Å². The highest BCUT2D eigenvalue weighted by atomic mass is 19.1. The Kier molecular flexibility index (Phi) is 4.75. The van der Waals surface area contributed by atoms with Gasteiger partial charge in [0, 0.05) is 12.6 Å². The SMILES string of the molecule is COc1cc(C#N)ccc1NCC(O)c1cccc(F)c1. The van der Waals surface area contributed by atoms with Crippen molar-refractivity contribution in [2.75, 3.05) is 19.0 Å². The van der Waals surface area contributed by atoms with Crippen LogP contribution in [-0.2, 0) is 0 Å². The van der Waals surface area contributed by atoms with Gasteiger partial charge < -0.3 is 15.2 Å². The number of aliphatic hydroxyl groups excluding tert-OH is 1. The highest BCUT2D eigenvalue weighted by Gasteiger charge is 2.10. The van der Waals surface area contributed by atoms with Gasteiger partial charge in [0.05, 0.1) is 30.5 Å². The molecule has 0 radical (unpaired) electrons. The summed E-state index contributed by atoms with van der Waals surface area (Å²) in [5, 5.41) is 21.9. The van der Waals surface area contributed by atoms with Crippen molar-refractivity contribution >= 4 is 5.69 Å². The van der Waals surface area contributed by atoms with Gasteiger partial charge in [-0.3, -0.25) is 0 Å². The molecule has 0 amide bonds. The fraction of sp³-hybridized carbons (Fsp3) is 0.188. The number of ether oxygens (including phenoxy) is 1. The van der Waals surface area contributed by atoms with Crippen LogP contribution in [0.15, 0.2) is 42.5 Å². The number of rotatable bonds is 5. The molecule has 2 N–H and O–H groups in total. The summed E-state index contributed by atoms with van der Waals surface area (Å²) < 4.78 is 18.3. The van der Waals surface area contributed by atoms with Gasteiger partial charge in [-0.2, -0.15) is 5.26 Å². The molecule has 0 aromatic heterocycles. The third-order valence-corrected chi connectivity index (χ3v) is 3.05. The summed E-state index contributed by atoms with van der Waals surface area (Å²) in [5.41, 5.74) is 1.64. The molecule has 0 saturated carbocycles. The lowest BCUT2D eigenvalue weighted by Crippen LogP contribution is -2.13. The third kappa shape index (κ3) is 3.71. The average molecular weight is 286 g/mol. The maximum atomic E-state index is 13.1. The van der Waals surface area contributed by atoms with E-state index < -0.39 is 6.10 Å². The zero-order valence-corrected chi connectivity index (χ0v) is 11.5. The fourth-order valence-electron chi connectivity index (χ4n) is 1.95. The molecule has 0 spiro atoms. The van der Waals surface area contributed by atoms with Gasteiger partial charge in [0.2, 0.25) is 0 Å². The van der Waals surface area contributed by atoms with E-state index in [9.17, 15) is 9.50 Å². The van der Waals surface area contributed by atoms with Crippen LogP contribution in [0.1, 0.15) is 17.2 Å². The normalized spacial score (nSPS) is 11.5. The molecule has 1 atom stereocenters. The predicted octanol–water partition coefficient (Wildman–Crippen LogP) is 2.85. The molecule has 21 heavy (non-hydrogen) atoms. The minimum atomic E-state index is -0.846. The predicted molar refractivity (Wildman–Crippen MR) is 77.6 cm³/mol. The molecular formula is C16H15FN2O2. The number of nitrogens with one attached hydrogen (secondary N) is 1. The molecule has 108 valence electrons. The lowest BCUT2D eigenvalue weighted by atomic mass is 10.1. The Bertz CT molecular complexity index is 668. The molecule has 0 aliphatic heterocycles. The molecule has 0 aliphatic carbocycles. The van der Waals surface area contributed by atoms with E-state index in [1.807, 2.05) is 6.07 Å². The van der Waals surface area contributed by atoms with Crippen LogP contribution in [0.5, 0.6) is 5.75 Å². The second-order valence-electron chi connectivity index (χ2n) is 4.48. The second kappa shape index (κ2) is 6.73. The molecule has 2 aromatic carbocycles. The Balaban J connectivity index is 2.08. The molecule has 2 aromatic rings. The monoisotopic (exact) mass is 286 g/mol. The van der Waals surface area contributed by atoms with Gasteiger partial charge in [0.1, 0.15) is 11.6 Å². The van der Waals surface area contributed by atoms with Crippen molar-refractivity contribution < 1.29 is 14.2 Å². The number of benzene rings is 2. The Morgan fingerprint density at radius 2 is 2.14 bits per heavy atom. The largest absolute Gasteiger partial charge is 0.495 e. The van der Waals surface area contributed by atoms with E-state index in [-0.39, 0.29) is 12.4 Å². The Labute approximate surface area is 122 Å². The van der Waals surface area contributed by atoms with Crippen LogP contribution in [0.4, 0.5) is 10.1 Å². The summed E-state index contributed by atoms with van der Waals surface area (Å²) in [4.78, 5) is 0. The van der Waals surface area contributed by atoms with E-state index in [1.54, 1.807) is 30.3 Å². The number of hydrogen-bond acceptors (Lipinski definition) is 4. The maximum absolute atomic E-state index is 13.1. The van der Waals surface area contributed by atoms with Gasteiger partial charge >= 0.3 is 0 Å². The molecular weight excluding hydrogens is 271 g/mol. The highest BCUT2D eigenvalue weighted by Crippen LogP contribution is 2.26. The van der Waals surface area contributed by atoms with Crippen molar-refractivity contribution in [1.29, 1.82) is 5.26 Å². The molecule has 0 saturated heterocycles. The molecule has 4 nitrogen and oxygen atoms in total. The summed E-state index contributed by atoms with van der Waals surface area (Å²) in [5.74, 6) is 0.128. The molecule has 0 bridgehead atoms. The lowest BCUT2D eigenvalue weighted by Gasteiger charge is -2.15. The zero-order chi connectivity index (χ0) is 15.2. The number of methoxy groups -OCH3 is 1. The first-order chi connectivity index (χ1) is 10.1. The van der Waals surface area contributed by atoms with Crippen molar-refractivity contribution in [2.45, 2.75) is 6.10 Å². The Hall–Kier alpha value is -2.58. The van der Waals surface area contributed by atoms with Crippen LogP contribution in [0.2, 0.25) is 0 Å². The summed E-state index contributed by atoms with van der Waals surface area (Å²) in [6, 6.07) is 12.8. The maximum Gasteiger partial charge on any atom is 0.143 e. The van der Waals surface area contributed by atoms with Crippen molar-refractivity contribution in [1.82, 2.24) is 0 Å². The van der Waals surface area contributed by atoms with Crippen LogP contribution in [0.25, 0.3) is 0 Å². The fourth-order valence-corrected chi connectivity index (χ4v) is 1.95. The van der Waals surface area contributed by atoms with Crippen molar-refractivity contribution in [2.24, 2.45) is 0 Å². The average Bonchev–Trinajstić information content (AvgIpc) is 2.52. The van der Waals surface area contributed by atoms with E-state index in [2.05, 4.69) is 5.32 Å². The minimum absolute atomic E-state index is 0.200. The Morgan fingerprint density at radius 1 is 1.33 bits per heavy atom. The van der Waals surface area contributed by atoms with Gasteiger partial charge in [-0.1, -0.05) is 12.1 Å². The van der Waals surface area contributed by atoms with E-state index >= 15 is 0 Å². The van der Waals surface area contributed by atoms with E-state index in [4.69, 9.17) is 10.00 Å². The third-order valence-electron chi connectivity index (χ3n) is 3.05. The topological polar surface area (TPSA) is 65.3 Å². The van der Waals surface area contributed by atoms with Crippen LogP contribution < -0.4 is 10.1 Å². The molecule has 0 fully saturated rings. The van der Waals surface area contributed by atoms with E-state index in [0.717, 1.165) is 0 Å². The number of aliphatic hydroxyl groups is 1.